The summed E-state index contributed by atoms with van der Waals surface area (Å²) >= 11 is 7.66. The highest BCUT2D eigenvalue weighted by Crippen LogP contribution is 2.44. The number of rotatable bonds is 6. The molecule has 1 aliphatic carbocycles. The number of nitrogens with one attached hydrogen (secondary N) is 1. The smallest absolute Gasteiger partial charge is 0.141 e. The quantitative estimate of drug-likeness (QED) is 0.723. The van der Waals surface area contributed by atoms with Crippen LogP contribution in [0.2, 0.25) is 5.02 Å². The molecule has 0 amide bonds. The summed E-state index contributed by atoms with van der Waals surface area (Å²) in [5.41, 5.74) is 0.989. The maximum absolute atomic E-state index is 13.3. The molecule has 0 spiro atoms. The first kappa shape index (κ1) is 15.0. The summed E-state index contributed by atoms with van der Waals surface area (Å²) < 4.78 is 13.3. The van der Waals surface area contributed by atoms with Gasteiger partial charge in [0.1, 0.15) is 5.82 Å². The first-order valence-electron chi connectivity index (χ1n) is 7.47. The van der Waals surface area contributed by atoms with Crippen LogP contribution in [-0.2, 0) is 0 Å². The van der Waals surface area contributed by atoms with Gasteiger partial charge in [-0.15, -0.1) is 11.3 Å². The van der Waals surface area contributed by atoms with E-state index in [4.69, 9.17) is 11.6 Å². The third-order valence-corrected chi connectivity index (χ3v) is 5.35. The molecule has 21 heavy (non-hydrogen) atoms. The molecule has 1 aliphatic rings. The molecule has 1 nitrogen and oxygen atoms in total. The minimum Gasteiger partial charge on any atom is -0.309 e. The lowest BCUT2D eigenvalue weighted by atomic mass is 10.1. The van der Waals surface area contributed by atoms with Crippen molar-refractivity contribution >= 4 is 22.9 Å². The van der Waals surface area contributed by atoms with Crippen LogP contribution < -0.4 is 5.32 Å². The molecule has 1 heterocycles. The Morgan fingerprint density at radius 2 is 2.14 bits per heavy atom. The molecule has 1 saturated carbocycles. The Morgan fingerprint density at radius 3 is 2.81 bits per heavy atom. The van der Waals surface area contributed by atoms with Crippen LogP contribution in [0, 0.1) is 11.7 Å². The lowest BCUT2D eigenvalue weighted by molar-refractivity contribution is 0.488. The van der Waals surface area contributed by atoms with Gasteiger partial charge in [0.25, 0.3) is 0 Å². The zero-order chi connectivity index (χ0) is 14.8. The van der Waals surface area contributed by atoms with E-state index in [-0.39, 0.29) is 10.8 Å². The fraction of sp³-hybridized carbons (Fsp3) is 0.412. The van der Waals surface area contributed by atoms with Crippen LogP contribution in [0.1, 0.15) is 37.1 Å². The van der Waals surface area contributed by atoms with Crippen molar-refractivity contribution in [2.75, 3.05) is 6.54 Å². The normalized spacial score (nSPS) is 16.1. The summed E-state index contributed by atoms with van der Waals surface area (Å²) in [5.74, 6) is 0.414. The molecule has 2 aromatic rings. The van der Waals surface area contributed by atoms with Gasteiger partial charge in [0.2, 0.25) is 0 Å². The van der Waals surface area contributed by atoms with Crippen LogP contribution in [0.3, 0.4) is 0 Å². The van der Waals surface area contributed by atoms with Crippen molar-refractivity contribution in [1.82, 2.24) is 5.32 Å². The summed E-state index contributed by atoms with van der Waals surface area (Å²) in [6.07, 6.45) is 3.78. The Kier molecular flexibility index (Phi) is 4.63. The molecule has 4 heteroatoms. The van der Waals surface area contributed by atoms with E-state index >= 15 is 0 Å². The lowest BCUT2D eigenvalue weighted by Gasteiger charge is -2.16. The van der Waals surface area contributed by atoms with E-state index in [1.807, 2.05) is 0 Å². The second kappa shape index (κ2) is 6.47. The molecular formula is C17H19ClFNS. The SMILES string of the molecule is CCCNC(c1ccc(-c2ccc(F)c(Cl)c2)s1)C1CC1. The Morgan fingerprint density at radius 1 is 1.33 bits per heavy atom. The van der Waals surface area contributed by atoms with Gasteiger partial charge in [0.05, 0.1) is 5.02 Å². The number of hydrogen-bond acceptors (Lipinski definition) is 2. The highest BCUT2D eigenvalue weighted by molar-refractivity contribution is 7.15. The van der Waals surface area contributed by atoms with Gasteiger partial charge in [-0.1, -0.05) is 24.6 Å². The first-order valence-corrected chi connectivity index (χ1v) is 8.67. The molecule has 112 valence electrons. The van der Waals surface area contributed by atoms with Crippen molar-refractivity contribution in [2.24, 2.45) is 5.92 Å². The molecular weight excluding hydrogens is 305 g/mol. The van der Waals surface area contributed by atoms with Gasteiger partial charge in [0.15, 0.2) is 0 Å². The van der Waals surface area contributed by atoms with E-state index in [0.717, 1.165) is 29.3 Å². The van der Waals surface area contributed by atoms with Crippen molar-refractivity contribution in [3.05, 3.63) is 46.0 Å². The molecule has 1 aromatic carbocycles. The zero-order valence-electron chi connectivity index (χ0n) is 12.0. The van der Waals surface area contributed by atoms with E-state index in [1.165, 1.54) is 23.8 Å². The Labute approximate surface area is 134 Å². The van der Waals surface area contributed by atoms with Crippen LogP contribution in [0.15, 0.2) is 30.3 Å². The van der Waals surface area contributed by atoms with E-state index in [0.29, 0.717) is 6.04 Å². The third kappa shape index (κ3) is 3.47. The lowest BCUT2D eigenvalue weighted by Crippen LogP contribution is -2.22. The van der Waals surface area contributed by atoms with Gasteiger partial charge in [-0.25, -0.2) is 4.39 Å². The van der Waals surface area contributed by atoms with Crippen molar-refractivity contribution < 1.29 is 4.39 Å². The highest BCUT2D eigenvalue weighted by atomic mass is 35.5. The highest BCUT2D eigenvalue weighted by Gasteiger charge is 2.32. The topological polar surface area (TPSA) is 12.0 Å². The first-order chi connectivity index (χ1) is 10.2. The summed E-state index contributed by atoms with van der Waals surface area (Å²) in [5, 5.41) is 3.84. The van der Waals surface area contributed by atoms with E-state index in [1.54, 1.807) is 23.5 Å². The van der Waals surface area contributed by atoms with Gasteiger partial charge < -0.3 is 5.32 Å². The van der Waals surface area contributed by atoms with Crippen LogP contribution in [-0.4, -0.2) is 6.54 Å². The Balaban J connectivity index is 1.82. The van der Waals surface area contributed by atoms with E-state index < -0.39 is 0 Å². The van der Waals surface area contributed by atoms with Gasteiger partial charge in [-0.3, -0.25) is 0 Å². The van der Waals surface area contributed by atoms with E-state index in [9.17, 15) is 4.39 Å². The molecule has 1 atom stereocenters. The molecule has 0 bridgehead atoms. The zero-order valence-corrected chi connectivity index (χ0v) is 13.6. The number of thiophene rings is 1. The van der Waals surface area contributed by atoms with Gasteiger partial charge in [-0.05, 0) is 61.6 Å². The fourth-order valence-electron chi connectivity index (χ4n) is 2.55. The molecule has 0 saturated heterocycles. The molecule has 3 rings (SSSR count). The number of benzene rings is 1. The minimum absolute atomic E-state index is 0.185. The van der Waals surface area contributed by atoms with Crippen LogP contribution in [0.4, 0.5) is 4.39 Å². The fourth-order valence-corrected chi connectivity index (χ4v) is 3.91. The second-order valence-electron chi connectivity index (χ2n) is 5.60. The number of hydrogen-bond donors (Lipinski definition) is 1. The predicted molar refractivity (Wildman–Crippen MR) is 88.5 cm³/mol. The van der Waals surface area contributed by atoms with Crippen LogP contribution in [0.5, 0.6) is 0 Å². The van der Waals surface area contributed by atoms with Crippen LogP contribution in [0.25, 0.3) is 10.4 Å². The largest absolute Gasteiger partial charge is 0.309 e. The van der Waals surface area contributed by atoms with Crippen molar-refractivity contribution in [1.29, 1.82) is 0 Å². The standard InChI is InChI=1S/C17H19ClFNS/c1-2-9-20-17(11-3-4-11)16-8-7-15(21-16)12-5-6-14(19)13(18)10-12/h5-8,10-11,17,20H,2-4,9H2,1H3. The molecule has 0 radical (unpaired) electrons. The maximum Gasteiger partial charge on any atom is 0.141 e. The average Bonchev–Trinajstić information content (AvgIpc) is 3.20. The maximum atomic E-state index is 13.3. The van der Waals surface area contributed by atoms with Crippen LogP contribution >= 0.6 is 22.9 Å². The van der Waals surface area contributed by atoms with Crippen molar-refractivity contribution in [2.45, 2.75) is 32.2 Å². The molecule has 1 unspecified atom stereocenters. The minimum atomic E-state index is -0.363. The summed E-state index contributed by atoms with van der Waals surface area (Å²) in [7, 11) is 0. The average molecular weight is 324 g/mol. The van der Waals surface area contributed by atoms with Crippen molar-refractivity contribution in [3.8, 4) is 10.4 Å². The molecule has 1 aromatic heterocycles. The van der Waals surface area contributed by atoms with Gasteiger partial charge in [0, 0.05) is 15.8 Å². The molecule has 1 fully saturated rings. The van der Waals surface area contributed by atoms with Crippen molar-refractivity contribution in [3.63, 3.8) is 0 Å². The Bertz CT molecular complexity index is 621. The third-order valence-electron chi connectivity index (χ3n) is 3.85. The molecule has 0 aliphatic heterocycles. The Hall–Kier alpha value is -0.900. The van der Waals surface area contributed by atoms with Gasteiger partial charge >= 0.3 is 0 Å². The number of halogens is 2. The summed E-state index contributed by atoms with van der Waals surface area (Å²) in [6.45, 7) is 3.24. The molecule has 1 N–H and O–H groups in total. The predicted octanol–water partition coefficient (Wildman–Crippen LogP) is 5.66. The second-order valence-corrected chi connectivity index (χ2v) is 7.12. The van der Waals surface area contributed by atoms with E-state index in [2.05, 4.69) is 24.4 Å². The summed E-state index contributed by atoms with van der Waals surface area (Å²) in [4.78, 5) is 2.53. The summed E-state index contributed by atoms with van der Waals surface area (Å²) in [6, 6.07) is 9.72. The van der Waals surface area contributed by atoms with Gasteiger partial charge in [-0.2, -0.15) is 0 Å². The monoisotopic (exact) mass is 323 g/mol.